The Morgan fingerprint density at radius 1 is 1.00 bits per heavy atom. The van der Waals surface area contributed by atoms with Crippen LogP contribution in [-0.4, -0.2) is 33.9 Å². The number of fused-ring (bicyclic) bond motifs is 2. The first-order chi connectivity index (χ1) is 12.8. The smallest absolute Gasteiger partial charge is 0.254 e. The molecule has 0 unspecified atom stereocenters. The van der Waals surface area contributed by atoms with Gasteiger partial charge in [-0.05, 0) is 12.1 Å². The highest BCUT2D eigenvalue weighted by molar-refractivity contribution is 5.95. The second-order valence-electron chi connectivity index (χ2n) is 6.73. The summed E-state index contributed by atoms with van der Waals surface area (Å²) in [4.78, 5) is 23.6. The number of rotatable bonds is 2. The van der Waals surface area contributed by atoms with Crippen LogP contribution in [-0.2, 0) is 16.9 Å². The third-order valence-corrected chi connectivity index (χ3v) is 5.08. The number of benzene rings is 2. The van der Waals surface area contributed by atoms with Gasteiger partial charge in [0, 0.05) is 22.9 Å². The molecule has 5 rings (SSSR count). The quantitative estimate of drug-likeness (QED) is 0.718. The molecular formula is C21H17N3O2. The topological polar surface area (TPSA) is 55.3 Å². The molecule has 5 nitrogen and oxygen atoms in total. The van der Waals surface area contributed by atoms with E-state index in [0.717, 1.165) is 16.8 Å². The number of likely N-dealkylation sites (tertiary alicyclic amines) is 1. The van der Waals surface area contributed by atoms with Crippen LogP contribution in [0.5, 0.6) is 0 Å². The first kappa shape index (κ1) is 15.2. The summed E-state index contributed by atoms with van der Waals surface area (Å²) in [5.74, 6) is 0.747. The fraction of sp³-hybridized carbons (Fsp3) is 0.190. The Balaban J connectivity index is 1.38. The van der Waals surface area contributed by atoms with Gasteiger partial charge in [-0.3, -0.25) is 4.79 Å². The van der Waals surface area contributed by atoms with Crippen LogP contribution < -0.4 is 0 Å². The molecule has 128 valence electrons. The number of hydrogen-bond acceptors (Lipinski definition) is 4. The van der Waals surface area contributed by atoms with E-state index in [9.17, 15) is 4.79 Å². The molecule has 0 radical (unpaired) electrons. The van der Waals surface area contributed by atoms with Gasteiger partial charge in [-0.15, -0.1) is 0 Å². The predicted octanol–water partition coefficient (Wildman–Crippen LogP) is 3.03. The van der Waals surface area contributed by atoms with Crippen LogP contribution in [0.4, 0.5) is 0 Å². The van der Waals surface area contributed by atoms with Crippen molar-refractivity contribution in [3.8, 4) is 11.4 Å². The molecule has 0 bridgehead atoms. The Hall–Kier alpha value is -3.05. The van der Waals surface area contributed by atoms with Crippen molar-refractivity contribution in [3.05, 3.63) is 83.7 Å². The van der Waals surface area contributed by atoms with Crippen molar-refractivity contribution in [2.24, 2.45) is 0 Å². The number of amides is 1. The zero-order chi connectivity index (χ0) is 17.6. The lowest BCUT2D eigenvalue weighted by atomic mass is 9.87. The molecule has 0 atom stereocenters. The van der Waals surface area contributed by atoms with E-state index in [2.05, 4.69) is 9.97 Å². The maximum Gasteiger partial charge on any atom is 0.254 e. The molecule has 0 N–H and O–H groups in total. The van der Waals surface area contributed by atoms with Crippen molar-refractivity contribution >= 4 is 5.91 Å². The molecule has 2 aliphatic rings. The monoisotopic (exact) mass is 343 g/mol. The summed E-state index contributed by atoms with van der Waals surface area (Å²) in [7, 11) is 0. The van der Waals surface area contributed by atoms with Crippen LogP contribution in [0.25, 0.3) is 11.4 Å². The SMILES string of the molecule is O=C(c1ccccc1)N1CC2(C1)OCc1nc(-c3ccccc3)ncc12. The standard InChI is InChI=1S/C21H17N3O2/c25-20(16-9-5-2-6-10-16)24-13-21(14-24)17-11-22-19(23-18(17)12-26-21)15-7-3-1-4-8-15/h1-11H,12-14H2. The Labute approximate surface area is 151 Å². The van der Waals surface area contributed by atoms with Gasteiger partial charge in [0.15, 0.2) is 5.82 Å². The third-order valence-electron chi connectivity index (χ3n) is 5.08. The first-order valence-corrected chi connectivity index (χ1v) is 8.65. The van der Waals surface area contributed by atoms with Crippen molar-refractivity contribution < 1.29 is 9.53 Å². The molecule has 1 aromatic heterocycles. The van der Waals surface area contributed by atoms with Crippen molar-refractivity contribution in [1.82, 2.24) is 14.9 Å². The van der Waals surface area contributed by atoms with Gasteiger partial charge in [-0.1, -0.05) is 48.5 Å². The Morgan fingerprint density at radius 3 is 2.42 bits per heavy atom. The van der Waals surface area contributed by atoms with Crippen molar-refractivity contribution in [2.45, 2.75) is 12.2 Å². The fourth-order valence-corrected chi connectivity index (χ4v) is 3.66. The largest absolute Gasteiger partial charge is 0.360 e. The summed E-state index contributed by atoms with van der Waals surface area (Å²) in [5.41, 5.74) is 3.18. The number of carbonyl (C=O) groups is 1. The molecule has 2 aliphatic heterocycles. The van der Waals surface area contributed by atoms with Gasteiger partial charge in [0.2, 0.25) is 0 Å². The summed E-state index contributed by atoms with van der Waals surface area (Å²) < 4.78 is 6.06. The van der Waals surface area contributed by atoms with Gasteiger partial charge >= 0.3 is 0 Å². The van der Waals surface area contributed by atoms with E-state index < -0.39 is 5.60 Å². The van der Waals surface area contributed by atoms with Gasteiger partial charge in [-0.2, -0.15) is 0 Å². The van der Waals surface area contributed by atoms with Crippen molar-refractivity contribution in [2.75, 3.05) is 13.1 Å². The number of ether oxygens (including phenoxy) is 1. The molecule has 1 spiro atoms. The van der Waals surface area contributed by atoms with E-state index in [1.807, 2.05) is 71.8 Å². The van der Waals surface area contributed by atoms with Crippen molar-refractivity contribution in [3.63, 3.8) is 0 Å². The molecule has 2 aromatic carbocycles. The van der Waals surface area contributed by atoms with E-state index in [4.69, 9.17) is 4.74 Å². The number of carbonyl (C=O) groups excluding carboxylic acids is 1. The van der Waals surface area contributed by atoms with Crippen LogP contribution >= 0.6 is 0 Å². The Morgan fingerprint density at radius 2 is 1.69 bits per heavy atom. The number of nitrogens with zero attached hydrogens (tertiary/aromatic N) is 3. The second-order valence-corrected chi connectivity index (χ2v) is 6.73. The zero-order valence-corrected chi connectivity index (χ0v) is 14.1. The summed E-state index contributed by atoms with van der Waals surface area (Å²) in [5, 5.41) is 0. The minimum atomic E-state index is -0.449. The predicted molar refractivity (Wildman–Crippen MR) is 96.3 cm³/mol. The van der Waals surface area contributed by atoms with E-state index in [1.54, 1.807) is 0 Å². The third kappa shape index (κ3) is 2.32. The number of aromatic nitrogens is 2. The zero-order valence-electron chi connectivity index (χ0n) is 14.1. The average molecular weight is 343 g/mol. The second kappa shape index (κ2) is 5.75. The molecule has 1 amide bonds. The van der Waals surface area contributed by atoms with Crippen LogP contribution in [0.2, 0.25) is 0 Å². The van der Waals surface area contributed by atoms with Gasteiger partial charge in [0.1, 0.15) is 5.60 Å². The highest BCUT2D eigenvalue weighted by atomic mass is 16.5. The van der Waals surface area contributed by atoms with E-state index >= 15 is 0 Å². The van der Waals surface area contributed by atoms with Crippen LogP contribution in [0.15, 0.2) is 66.9 Å². The Kier molecular flexibility index (Phi) is 3.36. The molecule has 0 saturated carbocycles. The lowest BCUT2D eigenvalue weighted by Gasteiger charge is -2.47. The maximum atomic E-state index is 12.6. The summed E-state index contributed by atoms with van der Waals surface area (Å²) in [6, 6.07) is 19.3. The summed E-state index contributed by atoms with van der Waals surface area (Å²) in [6.45, 7) is 1.55. The highest BCUT2D eigenvalue weighted by Gasteiger charge is 2.52. The number of hydrogen-bond donors (Lipinski definition) is 0. The molecule has 1 fully saturated rings. The van der Waals surface area contributed by atoms with Gasteiger partial charge in [0.05, 0.1) is 25.4 Å². The van der Waals surface area contributed by atoms with Gasteiger partial charge < -0.3 is 9.64 Å². The van der Waals surface area contributed by atoms with E-state index in [0.29, 0.717) is 31.1 Å². The molecule has 3 aromatic rings. The highest BCUT2D eigenvalue weighted by Crippen LogP contribution is 2.43. The molecule has 0 aliphatic carbocycles. The molecule has 26 heavy (non-hydrogen) atoms. The molecule has 5 heteroatoms. The lowest BCUT2D eigenvalue weighted by Crippen LogP contribution is -2.61. The molecular weight excluding hydrogens is 326 g/mol. The van der Waals surface area contributed by atoms with Gasteiger partial charge in [-0.25, -0.2) is 9.97 Å². The maximum absolute atomic E-state index is 12.6. The summed E-state index contributed by atoms with van der Waals surface area (Å²) in [6.07, 6.45) is 1.86. The normalized spacial score (nSPS) is 17.0. The molecule has 3 heterocycles. The van der Waals surface area contributed by atoms with Crippen LogP contribution in [0, 0.1) is 0 Å². The minimum Gasteiger partial charge on any atom is -0.360 e. The van der Waals surface area contributed by atoms with E-state index in [1.165, 1.54) is 0 Å². The lowest BCUT2D eigenvalue weighted by molar-refractivity contribution is -0.126. The average Bonchev–Trinajstić information content (AvgIpc) is 3.07. The fourth-order valence-electron chi connectivity index (χ4n) is 3.66. The Bertz CT molecular complexity index is 967. The van der Waals surface area contributed by atoms with Crippen molar-refractivity contribution in [1.29, 1.82) is 0 Å². The minimum absolute atomic E-state index is 0.0371. The summed E-state index contributed by atoms with van der Waals surface area (Å²) >= 11 is 0. The molecule has 1 saturated heterocycles. The van der Waals surface area contributed by atoms with Crippen LogP contribution in [0.1, 0.15) is 21.6 Å². The first-order valence-electron chi connectivity index (χ1n) is 8.65. The van der Waals surface area contributed by atoms with E-state index in [-0.39, 0.29) is 5.91 Å². The van der Waals surface area contributed by atoms with Gasteiger partial charge in [0.25, 0.3) is 5.91 Å². The van der Waals surface area contributed by atoms with Crippen LogP contribution in [0.3, 0.4) is 0 Å².